The number of benzene rings is 2. The van der Waals surface area contributed by atoms with Gasteiger partial charge in [0.25, 0.3) is 0 Å². The SMILES string of the molecule is CSCC[C@H](CC(=O)c1cccc(CCC(=O)CN2CCN(CC(=O)O)CCN(CC(=O)O)CCN(CC(=O)O)CC2)c1)C(=O)NCC(=O)C[C@@H](CCCCCC(=S)Cc1ccc(N=C=S)cc1)C(=O)O. The smallest absolute Gasteiger partial charge is 0.317 e. The fourth-order valence-electron chi connectivity index (χ4n) is 8.16. The second-order valence-corrected chi connectivity index (χ2v) is 19.6. The number of isothiocyanates is 1. The number of unbranched alkanes of at least 4 members (excludes halogenated alkanes) is 2. The Morgan fingerprint density at radius 2 is 1.24 bits per heavy atom. The molecule has 0 spiro atoms. The number of carbonyl (C=O) groups excluding carboxylic acids is 4. The average molecular weight is 1040 g/mol. The van der Waals surface area contributed by atoms with Gasteiger partial charge in [-0.3, -0.25) is 58.0 Å². The molecule has 1 amide bonds. The van der Waals surface area contributed by atoms with Crippen LogP contribution in [0.2, 0.25) is 0 Å². The number of ketones is 3. The first-order valence-corrected chi connectivity index (χ1v) is 26.0. The minimum atomic E-state index is -1.08. The van der Waals surface area contributed by atoms with Crippen molar-refractivity contribution in [2.24, 2.45) is 16.8 Å². The lowest BCUT2D eigenvalue weighted by atomic mass is 9.93. The van der Waals surface area contributed by atoms with Gasteiger partial charge in [-0.2, -0.15) is 16.8 Å². The summed E-state index contributed by atoms with van der Waals surface area (Å²) < 4.78 is 0. The highest BCUT2D eigenvalue weighted by Gasteiger charge is 2.26. The zero-order valence-corrected chi connectivity index (χ0v) is 42.9. The summed E-state index contributed by atoms with van der Waals surface area (Å²) in [6.07, 6.45) is 6.16. The summed E-state index contributed by atoms with van der Waals surface area (Å²) in [7, 11) is 0. The molecule has 2 atom stereocenters. The van der Waals surface area contributed by atoms with Crippen molar-refractivity contribution in [1.29, 1.82) is 0 Å². The second kappa shape index (κ2) is 33.5. The standard InChI is InChI=1S/C50H68N6O12S3/c1-71-25-16-39(49(66)51-30-43(58)28-40(50(67)68)7-3-2-4-9-44(70)27-37-10-13-41(14-11-37)52-35-69)29-45(59)38-8-5-6-36(26-38)12-15-42(57)31-53-17-19-54(32-46(60)61)21-23-56(34-48(64)65)24-22-55(20-18-53)33-47(62)63/h5-6,8,10-11,13-14,26,39-40H,2-4,7,9,12,15-25,27-34H2,1H3,(H,51,66)(H,60,61)(H,62,63)(H,64,65)(H,67,68)/t39-,40-/m1/s1. The highest BCUT2D eigenvalue weighted by atomic mass is 32.2. The van der Waals surface area contributed by atoms with Crippen molar-refractivity contribution in [2.45, 2.75) is 70.6 Å². The Morgan fingerprint density at radius 1 is 0.676 bits per heavy atom. The number of Topliss-reactive ketones (excluding diaryl/α,β-unsaturated/α-hetero) is 3. The third kappa shape index (κ3) is 25.7. The first-order chi connectivity index (χ1) is 33.9. The van der Waals surface area contributed by atoms with Crippen molar-refractivity contribution in [3.05, 3.63) is 65.2 Å². The van der Waals surface area contributed by atoms with E-state index in [2.05, 4.69) is 27.7 Å². The number of nitrogens with zero attached hydrogens (tertiary/aromatic N) is 5. The van der Waals surface area contributed by atoms with Gasteiger partial charge in [0, 0.05) is 89.5 Å². The van der Waals surface area contributed by atoms with Crippen molar-refractivity contribution in [1.82, 2.24) is 24.9 Å². The van der Waals surface area contributed by atoms with Gasteiger partial charge < -0.3 is 25.7 Å². The molecule has 0 aromatic heterocycles. The molecule has 5 N–H and O–H groups in total. The van der Waals surface area contributed by atoms with E-state index in [9.17, 15) is 58.8 Å². The van der Waals surface area contributed by atoms with Gasteiger partial charge in [-0.15, -0.1) is 0 Å². The summed E-state index contributed by atoms with van der Waals surface area (Å²) in [6.45, 7) is 1.08. The molecule has 3 rings (SSSR count). The van der Waals surface area contributed by atoms with Gasteiger partial charge in [0.2, 0.25) is 5.91 Å². The largest absolute Gasteiger partial charge is 0.481 e. The number of carboxylic acids is 4. The fraction of sp³-hybridized carbons (Fsp3) is 0.560. The maximum atomic E-state index is 13.6. The van der Waals surface area contributed by atoms with Crippen LogP contribution in [0.15, 0.2) is 53.5 Å². The van der Waals surface area contributed by atoms with Gasteiger partial charge in [0.15, 0.2) is 11.6 Å². The third-order valence-corrected chi connectivity index (χ3v) is 13.2. The number of hydrogen-bond acceptors (Lipinski definition) is 16. The number of aliphatic imine (C=N–C) groups is 1. The molecule has 0 saturated carbocycles. The third-order valence-electron chi connectivity index (χ3n) is 12.1. The van der Waals surface area contributed by atoms with E-state index in [1.165, 1.54) is 11.8 Å². The number of carbonyl (C=O) groups is 8. The van der Waals surface area contributed by atoms with Crippen LogP contribution in [0.25, 0.3) is 0 Å². The molecule has 2 aromatic carbocycles. The van der Waals surface area contributed by atoms with Gasteiger partial charge in [0.05, 0.1) is 49.5 Å². The molecule has 388 valence electrons. The molecule has 1 saturated heterocycles. The van der Waals surface area contributed by atoms with Crippen LogP contribution < -0.4 is 5.32 Å². The number of thioether (sulfide) groups is 1. The highest BCUT2D eigenvalue weighted by Crippen LogP contribution is 2.20. The number of hydrogen-bond donors (Lipinski definition) is 5. The normalized spacial score (nSPS) is 15.2. The molecule has 1 aliphatic heterocycles. The summed E-state index contributed by atoms with van der Waals surface area (Å²) in [4.78, 5) is 112. The topological polar surface area (TPSA) is 255 Å². The number of thiocarbonyl (C=S) groups is 2. The van der Waals surface area contributed by atoms with E-state index in [-0.39, 0.29) is 103 Å². The Morgan fingerprint density at radius 3 is 1.76 bits per heavy atom. The number of rotatable bonds is 32. The molecular formula is C50H68N6O12S3. The monoisotopic (exact) mass is 1040 g/mol. The average Bonchev–Trinajstić information content (AvgIpc) is 3.31. The molecule has 0 unspecified atom stereocenters. The quantitative estimate of drug-likeness (QED) is 0.0289. The van der Waals surface area contributed by atoms with Crippen LogP contribution in [-0.4, -0.2) is 194 Å². The first kappa shape index (κ1) is 60.2. The zero-order chi connectivity index (χ0) is 52.1. The van der Waals surface area contributed by atoms with E-state index < -0.39 is 47.4 Å². The van der Waals surface area contributed by atoms with E-state index in [0.29, 0.717) is 62.9 Å². The molecule has 1 aliphatic rings. The Bertz CT molecular complexity index is 2140. The summed E-state index contributed by atoms with van der Waals surface area (Å²) in [6, 6.07) is 14.4. The Labute approximate surface area is 430 Å². The van der Waals surface area contributed by atoms with Gasteiger partial charge in [-0.1, -0.05) is 55.4 Å². The molecule has 1 heterocycles. The molecular weight excluding hydrogens is 973 g/mol. The molecule has 21 heteroatoms. The van der Waals surface area contributed by atoms with E-state index in [0.717, 1.165) is 34.5 Å². The summed E-state index contributed by atoms with van der Waals surface area (Å²) >= 11 is 11.7. The Kier molecular flexibility index (Phi) is 28.4. The van der Waals surface area contributed by atoms with Crippen LogP contribution in [0.3, 0.4) is 0 Å². The minimum Gasteiger partial charge on any atom is -0.481 e. The molecule has 2 aromatic rings. The Hall–Kier alpha value is -5.12. The lowest BCUT2D eigenvalue weighted by Gasteiger charge is -2.32. The fourth-order valence-corrected chi connectivity index (χ4v) is 9.10. The van der Waals surface area contributed by atoms with Crippen molar-refractivity contribution in [3.63, 3.8) is 0 Å². The Balaban J connectivity index is 1.51. The first-order valence-electron chi connectivity index (χ1n) is 23.8. The molecule has 0 radical (unpaired) electrons. The van der Waals surface area contributed by atoms with Crippen LogP contribution >= 0.6 is 36.2 Å². The van der Waals surface area contributed by atoms with Gasteiger partial charge >= 0.3 is 23.9 Å². The van der Waals surface area contributed by atoms with E-state index in [4.69, 9.17) is 12.2 Å². The van der Waals surface area contributed by atoms with Gasteiger partial charge in [0.1, 0.15) is 5.78 Å². The summed E-state index contributed by atoms with van der Waals surface area (Å²) in [5, 5.41) is 43.3. The van der Waals surface area contributed by atoms with Crippen LogP contribution in [-0.2, 0) is 46.4 Å². The van der Waals surface area contributed by atoms with Crippen molar-refractivity contribution >= 4 is 99.0 Å². The molecule has 71 heavy (non-hydrogen) atoms. The molecule has 0 aliphatic carbocycles. The lowest BCUT2D eigenvalue weighted by Crippen LogP contribution is -2.49. The highest BCUT2D eigenvalue weighted by molar-refractivity contribution is 7.98. The van der Waals surface area contributed by atoms with E-state index >= 15 is 0 Å². The number of nitrogens with one attached hydrogen (secondary N) is 1. The van der Waals surface area contributed by atoms with Gasteiger partial charge in [-0.25, -0.2) is 0 Å². The van der Waals surface area contributed by atoms with Crippen LogP contribution in [0.1, 0.15) is 79.3 Å². The molecule has 1 fully saturated rings. The molecule has 18 nitrogen and oxygen atoms in total. The zero-order valence-electron chi connectivity index (χ0n) is 40.5. The van der Waals surface area contributed by atoms with Crippen molar-refractivity contribution in [3.8, 4) is 0 Å². The second-order valence-electron chi connectivity index (χ2n) is 17.8. The summed E-state index contributed by atoms with van der Waals surface area (Å²) in [5.74, 6) is -6.54. The number of aliphatic carboxylic acids is 4. The van der Waals surface area contributed by atoms with Gasteiger partial charge in [-0.05, 0) is 90.5 Å². The van der Waals surface area contributed by atoms with Crippen molar-refractivity contribution in [2.75, 3.05) is 97.1 Å². The molecule has 0 bridgehead atoms. The number of amides is 1. The van der Waals surface area contributed by atoms with Crippen LogP contribution in [0.4, 0.5) is 5.69 Å². The lowest BCUT2D eigenvalue weighted by molar-refractivity contribution is -0.144. The van der Waals surface area contributed by atoms with Crippen molar-refractivity contribution < 1.29 is 58.8 Å². The van der Waals surface area contributed by atoms with E-state index in [1.54, 1.807) is 39.0 Å². The number of carboxylic acid groups (broad SMARTS) is 4. The maximum Gasteiger partial charge on any atom is 0.317 e. The van der Waals surface area contributed by atoms with Crippen LogP contribution in [0.5, 0.6) is 0 Å². The minimum absolute atomic E-state index is 0.0254. The van der Waals surface area contributed by atoms with E-state index in [1.807, 2.05) is 35.4 Å². The maximum absolute atomic E-state index is 13.6. The van der Waals surface area contributed by atoms with Crippen LogP contribution in [0, 0.1) is 11.8 Å². The predicted molar refractivity (Wildman–Crippen MR) is 278 cm³/mol. The predicted octanol–water partition coefficient (Wildman–Crippen LogP) is 4.68. The number of aryl methyl sites for hydroxylation is 1. The summed E-state index contributed by atoms with van der Waals surface area (Å²) in [5.41, 5.74) is 2.88.